The second-order valence-corrected chi connectivity index (χ2v) is 4.41. The summed E-state index contributed by atoms with van der Waals surface area (Å²) >= 11 is 0. The molecule has 0 radical (unpaired) electrons. The number of carbonyl (C=O) groups excluding carboxylic acids is 1. The summed E-state index contributed by atoms with van der Waals surface area (Å²) in [4.78, 5) is 13.8. The molecular weight excluding hydrogens is 200 g/mol. The van der Waals surface area contributed by atoms with Gasteiger partial charge in [0, 0.05) is 18.8 Å². The summed E-state index contributed by atoms with van der Waals surface area (Å²) in [6.45, 7) is 5.75. The van der Waals surface area contributed by atoms with Crippen molar-refractivity contribution in [1.82, 2.24) is 5.32 Å². The lowest BCUT2D eigenvalue weighted by Crippen LogP contribution is -2.33. The van der Waals surface area contributed by atoms with Crippen LogP contribution in [0.15, 0.2) is 12.1 Å². The van der Waals surface area contributed by atoms with Crippen molar-refractivity contribution in [1.29, 1.82) is 0 Å². The molecule has 1 aromatic rings. The fourth-order valence-electron chi connectivity index (χ4n) is 2.30. The number of benzene rings is 1. The van der Waals surface area contributed by atoms with E-state index in [1.807, 2.05) is 11.9 Å². The van der Waals surface area contributed by atoms with Crippen molar-refractivity contribution in [2.75, 3.05) is 25.0 Å². The van der Waals surface area contributed by atoms with E-state index in [0.29, 0.717) is 6.42 Å². The topological polar surface area (TPSA) is 32.3 Å². The number of nitrogens with zero attached hydrogens (tertiary/aromatic N) is 1. The minimum atomic E-state index is 0.221. The van der Waals surface area contributed by atoms with Gasteiger partial charge in [-0.1, -0.05) is 6.07 Å². The quantitative estimate of drug-likeness (QED) is 0.832. The lowest BCUT2D eigenvalue weighted by Gasteiger charge is -2.18. The van der Waals surface area contributed by atoms with Crippen molar-refractivity contribution in [2.24, 2.45) is 0 Å². The molecule has 1 N–H and O–H groups in total. The highest BCUT2D eigenvalue weighted by molar-refractivity contribution is 6.02. The van der Waals surface area contributed by atoms with E-state index in [1.54, 1.807) is 0 Å². The Balaban J connectivity index is 2.36. The van der Waals surface area contributed by atoms with Gasteiger partial charge in [-0.05, 0) is 43.7 Å². The van der Waals surface area contributed by atoms with Gasteiger partial charge in [0.1, 0.15) is 0 Å². The third kappa shape index (κ3) is 1.83. The molecule has 0 saturated carbocycles. The maximum atomic E-state index is 11.9. The molecule has 1 aromatic carbocycles. The van der Waals surface area contributed by atoms with Gasteiger partial charge in [-0.25, -0.2) is 0 Å². The van der Waals surface area contributed by atoms with Gasteiger partial charge in [-0.15, -0.1) is 0 Å². The number of fused-ring (bicyclic) bond motifs is 1. The summed E-state index contributed by atoms with van der Waals surface area (Å²) in [6.07, 6.45) is 0.561. The predicted molar refractivity (Wildman–Crippen MR) is 65.9 cm³/mol. The van der Waals surface area contributed by atoms with E-state index >= 15 is 0 Å². The number of rotatable bonds is 3. The van der Waals surface area contributed by atoms with E-state index in [0.717, 1.165) is 18.8 Å². The van der Waals surface area contributed by atoms with Crippen molar-refractivity contribution in [3.05, 3.63) is 28.8 Å². The molecule has 2 rings (SSSR count). The van der Waals surface area contributed by atoms with Crippen LogP contribution in [0.5, 0.6) is 0 Å². The number of anilines is 1. The summed E-state index contributed by atoms with van der Waals surface area (Å²) in [6, 6.07) is 4.26. The van der Waals surface area contributed by atoms with Gasteiger partial charge in [-0.3, -0.25) is 4.79 Å². The maximum Gasteiger partial charge on any atom is 0.231 e. The van der Waals surface area contributed by atoms with Gasteiger partial charge in [0.15, 0.2) is 0 Å². The van der Waals surface area contributed by atoms with Crippen LogP contribution in [-0.4, -0.2) is 26.0 Å². The van der Waals surface area contributed by atoms with Crippen molar-refractivity contribution in [3.8, 4) is 0 Å². The van der Waals surface area contributed by atoms with Crippen LogP contribution < -0.4 is 10.2 Å². The highest BCUT2D eigenvalue weighted by atomic mass is 16.2. The minimum absolute atomic E-state index is 0.221. The first-order chi connectivity index (χ1) is 7.63. The van der Waals surface area contributed by atoms with E-state index in [1.165, 1.54) is 16.7 Å². The first-order valence-corrected chi connectivity index (χ1v) is 5.68. The Labute approximate surface area is 96.5 Å². The molecule has 3 heteroatoms. The second-order valence-electron chi connectivity index (χ2n) is 4.41. The molecule has 3 nitrogen and oxygen atoms in total. The number of likely N-dealkylation sites (N-methyl/N-ethyl adjacent to an activating group) is 1. The number of carbonyl (C=O) groups is 1. The Bertz CT molecular complexity index is 426. The molecule has 0 atom stereocenters. The molecule has 86 valence electrons. The Morgan fingerprint density at radius 3 is 2.81 bits per heavy atom. The van der Waals surface area contributed by atoms with Gasteiger partial charge in [0.2, 0.25) is 5.91 Å². The van der Waals surface area contributed by atoms with Crippen LogP contribution in [0.25, 0.3) is 0 Å². The van der Waals surface area contributed by atoms with E-state index in [9.17, 15) is 4.79 Å². The van der Waals surface area contributed by atoms with Crippen LogP contribution in [0.1, 0.15) is 16.7 Å². The summed E-state index contributed by atoms with van der Waals surface area (Å²) in [5.74, 6) is 0.221. The average Bonchev–Trinajstić information content (AvgIpc) is 2.53. The number of nitrogens with one attached hydrogen (secondary N) is 1. The first kappa shape index (κ1) is 11.1. The average molecular weight is 218 g/mol. The van der Waals surface area contributed by atoms with Crippen LogP contribution in [-0.2, 0) is 11.2 Å². The third-order valence-electron chi connectivity index (χ3n) is 3.10. The summed E-state index contributed by atoms with van der Waals surface area (Å²) in [5.41, 5.74) is 4.76. The van der Waals surface area contributed by atoms with Crippen LogP contribution >= 0.6 is 0 Å². The van der Waals surface area contributed by atoms with Crippen molar-refractivity contribution >= 4 is 11.6 Å². The number of amides is 1. The van der Waals surface area contributed by atoms with Crippen molar-refractivity contribution in [2.45, 2.75) is 20.3 Å². The van der Waals surface area contributed by atoms with Crippen LogP contribution in [0.4, 0.5) is 5.69 Å². The summed E-state index contributed by atoms with van der Waals surface area (Å²) < 4.78 is 0. The predicted octanol–water partition coefficient (Wildman–Crippen LogP) is 1.41. The van der Waals surface area contributed by atoms with E-state index in [-0.39, 0.29) is 5.91 Å². The Morgan fingerprint density at radius 1 is 1.38 bits per heavy atom. The normalized spacial score (nSPS) is 14.4. The van der Waals surface area contributed by atoms with Crippen molar-refractivity contribution in [3.63, 3.8) is 0 Å². The lowest BCUT2D eigenvalue weighted by atomic mass is 10.0. The molecule has 0 bridgehead atoms. The van der Waals surface area contributed by atoms with E-state index in [4.69, 9.17) is 0 Å². The minimum Gasteiger partial charge on any atom is -0.318 e. The van der Waals surface area contributed by atoms with Crippen LogP contribution in [0.3, 0.4) is 0 Å². The van der Waals surface area contributed by atoms with Gasteiger partial charge in [0.25, 0.3) is 0 Å². The second kappa shape index (κ2) is 4.26. The Morgan fingerprint density at radius 2 is 2.12 bits per heavy atom. The summed E-state index contributed by atoms with van der Waals surface area (Å²) in [7, 11) is 1.91. The molecule has 0 aromatic heterocycles. The maximum absolute atomic E-state index is 11.9. The molecular formula is C13H18N2O. The number of aryl methyl sites for hydroxylation is 2. The molecule has 1 aliphatic heterocycles. The zero-order valence-corrected chi connectivity index (χ0v) is 10.1. The zero-order valence-electron chi connectivity index (χ0n) is 10.1. The first-order valence-electron chi connectivity index (χ1n) is 5.68. The fourth-order valence-corrected chi connectivity index (χ4v) is 2.30. The van der Waals surface area contributed by atoms with Crippen LogP contribution in [0, 0.1) is 13.8 Å². The third-order valence-corrected chi connectivity index (χ3v) is 3.10. The smallest absolute Gasteiger partial charge is 0.231 e. The zero-order chi connectivity index (χ0) is 11.7. The molecule has 1 heterocycles. The lowest BCUT2D eigenvalue weighted by molar-refractivity contribution is -0.117. The molecule has 0 fully saturated rings. The molecule has 0 saturated heterocycles. The number of hydrogen-bond acceptors (Lipinski definition) is 2. The van der Waals surface area contributed by atoms with Gasteiger partial charge < -0.3 is 10.2 Å². The van der Waals surface area contributed by atoms with Crippen molar-refractivity contribution < 1.29 is 4.79 Å². The Hall–Kier alpha value is -1.35. The van der Waals surface area contributed by atoms with Crippen LogP contribution in [0.2, 0.25) is 0 Å². The largest absolute Gasteiger partial charge is 0.318 e. The monoisotopic (exact) mass is 218 g/mol. The van der Waals surface area contributed by atoms with E-state index in [2.05, 4.69) is 31.3 Å². The van der Waals surface area contributed by atoms with Gasteiger partial charge in [-0.2, -0.15) is 0 Å². The molecule has 16 heavy (non-hydrogen) atoms. The summed E-state index contributed by atoms with van der Waals surface area (Å²) in [5, 5.41) is 3.08. The molecule has 0 unspecified atom stereocenters. The Kier molecular flexibility index (Phi) is 2.97. The number of hydrogen-bond donors (Lipinski definition) is 1. The fraction of sp³-hybridized carbons (Fsp3) is 0.462. The van der Waals surface area contributed by atoms with Gasteiger partial charge >= 0.3 is 0 Å². The van der Waals surface area contributed by atoms with Gasteiger partial charge in [0.05, 0.1) is 6.42 Å². The SMILES string of the molecule is CNCCN1C(=O)Cc2c(C)cc(C)cc21. The standard InChI is InChI=1S/C13H18N2O/c1-9-6-10(2)11-8-13(16)15(5-4-14-3)12(11)7-9/h6-7,14H,4-5,8H2,1-3H3. The molecule has 0 spiro atoms. The molecule has 1 amide bonds. The molecule has 1 aliphatic rings. The highest BCUT2D eigenvalue weighted by Gasteiger charge is 2.27. The van der Waals surface area contributed by atoms with E-state index < -0.39 is 0 Å². The molecule has 0 aliphatic carbocycles. The highest BCUT2D eigenvalue weighted by Crippen LogP contribution is 2.32.